The van der Waals surface area contributed by atoms with Crippen LogP contribution in [0.4, 0.5) is 52.7 Å². The van der Waals surface area contributed by atoms with Crippen molar-refractivity contribution in [3.05, 3.63) is 106 Å². The largest absolute Gasteiger partial charge is 0.204 e. The number of halogens is 12. The number of fused-ring (bicyclic) bond motifs is 2. The third-order valence-corrected chi connectivity index (χ3v) is 5.96. The molecule has 0 aliphatic rings. The second-order valence-corrected chi connectivity index (χ2v) is 7.97. The standard InChI is InChI=1S/C26H6F12/c27-8-6-9(28)18(30)16(17(8)29)11-14-12(19(31)23(35)25(37)21(14)33)10(7-4-2-1-3-5-7)13-15(11)22(34)26(38)24(36)20(13)32/h1-6H. The van der Waals surface area contributed by atoms with Crippen molar-refractivity contribution >= 4 is 21.5 Å². The van der Waals surface area contributed by atoms with Gasteiger partial charge >= 0.3 is 0 Å². The zero-order chi connectivity index (χ0) is 27.8. The van der Waals surface area contributed by atoms with E-state index in [1.165, 1.54) is 18.2 Å². The van der Waals surface area contributed by atoms with Crippen LogP contribution in [0.3, 0.4) is 0 Å². The van der Waals surface area contributed by atoms with Crippen LogP contribution in [0.15, 0.2) is 36.4 Å². The van der Waals surface area contributed by atoms with Crippen molar-refractivity contribution in [2.45, 2.75) is 0 Å². The molecule has 194 valence electrons. The van der Waals surface area contributed by atoms with E-state index in [2.05, 4.69) is 0 Å². The van der Waals surface area contributed by atoms with Crippen LogP contribution in [-0.4, -0.2) is 0 Å². The second kappa shape index (κ2) is 8.67. The average molecular weight is 546 g/mol. The maximum absolute atomic E-state index is 15.3. The van der Waals surface area contributed by atoms with Crippen LogP contribution in [0.25, 0.3) is 43.8 Å². The van der Waals surface area contributed by atoms with Gasteiger partial charge in [-0.15, -0.1) is 0 Å². The molecule has 5 aromatic rings. The molecule has 38 heavy (non-hydrogen) atoms. The molecule has 0 spiro atoms. The third kappa shape index (κ3) is 3.28. The minimum Gasteiger partial charge on any atom is -0.204 e. The molecule has 0 heterocycles. The van der Waals surface area contributed by atoms with Gasteiger partial charge in [-0.2, -0.15) is 0 Å². The van der Waals surface area contributed by atoms with Gasteiger partial charge in [0.1, 0.15) is 0 Å². The van der Waals surface area contributed by atoms with E-state index in [-0.39, 0.29) is 6.07 Å². The summed E-state index contributed by atoms with van der Waals surface area (Å²) in [5.74, 6) is -29.0. The van der Waals surface area contributed by atoms with Crippen molar-refractivity contribution in [2.24, 2.45) is 0 Å². The Labute approximate surface area is 203 Å². The van der Waals surface area contributed by atoms with E-state index in [4.69, 9.17) is 0 Å². The van der Waals surface area contributed by atoms with E-state index >= 15 is 17.6 Å². The van der Waals surface area contributed by atoms with Gasteiger partial charge in [0.05, 0.1) is 5.56 Å². The highest BCUT2D eigenvalue weighted by Crippen LogP contribution is 2.50. The van der Waals surface area contributed by atoms with Gasteiger partial charge < -0.3 is 0 Å². The fourth-order valence-corrected chi connectivity index (χ4v) is 4.39. The smallest absolute Gasteiger partial charge is 0.198 e. The van der Waals surface area contributed by atoms with Gasteiger partial charge in [0.15, 0.2) is 69.8 Å². The first-order chi connectivity index (χ1) is 17.9. The number of rotatable bonds is 2. The number of hydrogen-bond donors (Lipinski definition) is 0. The van der Waals surface area contributed by atoms with Crippen LogP contribution in [0.1, 0.15) is 0 Å². The molecule has 0 bridgehead atoms. The van der Waals surface area contributed by atoms with Crippen LogP contribution >= 0.6 is 0 Å². The van der Waals surface area contributed by atoms with Crippen molar-refractivity contribution in [3.63, 3.8) is 0 Å². The van der Waals surface area contributed by atoms with E-state index in [0.29, 0.717) is 0 Å². The van der Waals surface area contributed by atoms with Crippen LogP contribution < -0.4 is 0 Å². The first-order valence-corrected chi connectivity index (χ1v) is 10.3. The van der Waals surface area contributed by atoms with Gasteiger partial charge in [-0.1, -0.05) is 30.3 Å². The van der Waals surface area contributed by atoms with E-state index in [1.807, 2.05) is 0 Å². The summed E-state index contributed by atoms with van der Waals surface area (Å²) in [5.41, 5.74) is -5.39. The predicted molar refractivity (Wildman–Crippen MR) is 112 cm³/mol. The maximum Gasteiger partial charge on any atom is 0.198 e. The maximum atomic E-state index is 15.3. The molecule has 5 rings (SSSR count). The van der Waals surface area contributed by atoms with Crippen molar-refractivity contribution < 1.29 is 52.7 Å². The molecule has 0 aliphatic heterocycles. The molecule has 0 N–H and O–H groups in total. The zero-order valence-electron chi connectivity index (χ0n) is 18.0. The summed E-state index contributed by atoms with van der Waals surface area (Å²) >= 11 is 0. The molecule has 0 amide bonds. The summed E-state index contributed by atoms with van der Waals surface area (Å²) in [6.45, 7) is 0. The van der Waals surface area contributed by atoms with Gasteiger partial charge in [0.25, 0.3) is 0 Å². The normalized spacial score (nSPS) is 11.7. The average Bonchev–Trinajstić information content (AvgIpc) is 2.91. The summed E-state index contributed by atoms with van der Waals surface area (Å²) in [6, 6.07) is 5.46. The van der Waals surface area contributed by atoms with Crippen LogP contribution in [0.5, 0.6) is 0 Å². The second-order valence-electron chi connectivity index (χ2n) is 7.97. The Morgan fingerprint density at radius 2 is 0.658 bits per heavy atom. The minimum atomic E-state index is -2.62. The Morgan fingerprint density at radius 3 is 1.03 bits per heavy atom. The van der Waals surface area contributed by atoms with Crippen molar-refractivity contribution in [1.29, 1.82) is 0 Å². The van der Waals surface area contributed by atoms with Crippen LogP contribution in [0, 0.1) is 69.8 Å². The molecule has 0 atom stereocenters. The molecule has 0 nitrogen and oxygen atoms in total. The summed E-state index contributed by atoms with van der Waals surface area (Å²) < 4.78 is 177. The number of benzene rings is 5. The lowest BCUT2D eigenvalue weighted by molar-refractivity contribution is 0.416. The van der Waals surface area contributed by atoms with Crippen molar-refractivity contribution in [3.8, 4) is 22.3 Å². The Kier molecular flexibility index (Phi) is 5.80. The SMILES string of the molecule is Fc1cc(F)c(F)c(-c2c3c(F)c(F)c(F)c(F)c3c(-c3ccccc3)c3c(F)c(F)c(F)c(F)c23)c1F. The highest BCUT2D eigenvalue weighted by atomic mass is 19.2. The molecule has 0 aliphatic carbocycles. The molecule has 5 aromatic carbocycles. The Balaban J connectivity index is 2.30. The van der Waals surface area contributed by atoms with Crippen LogP contribution in [0.2, 0.25) is 0 Å². The predicted octanol–water partition coefficient (Wildman–Crippen LogP) is 9.00. The first kappa shape index (κ1) is 25.4. The highest BCUT2D eigenvalue weighted by Gasteiger charge is 2.36. The van der Waals surface area contributed by atoms with Gasteiger partial charge in [0.2, 0.25) is 0 Å². The molecular weight excluding hydrogens is 540 g/mol. The van der Waals surface area contributed by atoms with Crippen molar-refractivity contribution in [1.82, 2.24) is 0 Å². The topological polar surface area (TPSA) is 0 Å². The summed E-state index contributed by atoms with van der Waals surface area (Å²) in [4.78, 5) is 0. The molecule has 12 heteroatoms. The van der Waals surface area contributed by atoms with Gasteiger partial charge in [-0.3, -0.25) is 0 Å². The quantitative estimate of drug-likeness (QED) is 0.0898. The Hall–Kier alpha value is -4.22. The van der Waals surface area contributed by atoms with E-state index < -0.39 is 114 Å². The van der Waals surface area contributed by atoms with Gasteiger partial charge in [-0.05, 0) is 5.56 Å². The highest BCUT2D eigenvalue weighted by molar-refractivity contribution is 6.22. The summed E-state index contributed by atoms with van der Waals surface area (Å²) in [7, 11) is 0. The lowest BCUT2D eigenvalue weighted by Gasteiger charge is -2.21. The monoisotopic (exact) mass is 546 g/mol. The first-order valence-electron chi connectivity index (χ1n) is 10.3. The third-order valence-electron chi connectivity index (χ3n) is 5.96. The van der Waals surface area contributed by atoms with Crippen LogP contribution in [-0.2, 0) is 0 Å². The van der Waals surface area contributed by atoms with Crippen molar-refractivity contribution in [2.75, 3.05) is 0 Å². The molecule has 0 unspecified atom stereocenters. The van der Waals surface area contributed by atoms with Gasteiger partial charge in [0, 0.05) is 38.7 Å². The molecule has 0 aromatic heterocycles. The lowest BCUT2D eigenvalue weighted by Crippen LogP contribution is -2.08. The number of hydrogen-bond acceptors (Lipinski definition) is 0. The fourth-order valence-electron chi connectivity index (χ4n) is 4.39. The molecule has 0 saturated carbocycles. The molecule has 0 radical (unpaired) electrons. The summed E-state index contributed by atoms with van der Waals surface area (Å²) in [6.07, 6.45) is 0. The van der Waals surface area contributed by atoms with Gasteiger partial charge in [-0.25, -0.2) is 52.7 Å². The fraction of sp³-hybridized carbons (Fsp3) is 0. The Morgan fingerprint density at radius 1 is 0.316 bits per heavy atom. The summed E-state index contributed by atoms with van der Waals surface area (Å²) in [5, 5.41) is -6.49. The molecule has 0 fully saturated rings. The minimum absolute atomic E-state index is 0.328. The molecule has 0 saturated heterocycles. The Bertz CT molecular complexity index is 1720. The lowest BCUT2D eigenvalue weighted by atomic mass is 9.84. The van der Waals surface area contributed by atoms with E-state index in [9.17, 15) is 35.1 Å². The van der Waals surface area contributed by atoms with E-state index in [1.54, 1.807) is 0 Å². The van der Waals surface area contributed by atoms with E-state index in [0.717, 1.165) is 12.1 Å². The molecular formula is C26H6F12. The zero-order valence-corrected chi connectivity index (χ0v) is 18.0.